The minimum Gasteiger partial charge on any atom is -0.482 e. The molecule has 2 amide bonds. The first-order valence-corrected chi connectivity index (χ1v) is 7.66. The minimum absolute atomic E-state index is 0.116. The van der Waals surface area contributed by atoms with Crippen molar-refractivity contribution in [3.05, 3.63) is 29.0 Å². The van der Waals surface area contributed by atoms with Crippen LogP contribution in [0.4, 0.5) is 9.18 Å². The third kappa shape index (κ3) is 4.72. The maximum Gasteiger partial charge on any atom is 0.409 e. The van der Waals surface area contributed by atoms with Crippen LogP contribution in [0.5, 0.6) is 5.75 Å². The van der Waals surface area contributed by atoms with E-state index in [1.54, 1.807) is 16.7 Å². The van der Waals surface area contributed by atoms with Crippen molar-refractivity contribution in [2.45, 2.75) is 6.92 Å². The molecule has 1 aliphatic rings. The predicted molar refractivity (Wildman–Crippen MR) is 82.1 cm³/mol. The van der Waals surface area contributed by atoms with Crippen molar-refractivity contribution in [3.63, 3.8) is 0 Å². The Labute approximate surface area is 138 Å². The molecule has 8 heteroatoms. The summed E-state index contributed by atoms with van der Waals surface area (Å²) in [5.41, 5.74) is 0. The number of hydrogen-bond donors (Lipinski definition) is 0. The molecule has 1 aliphatic heterocycles. The molecule has 1 fully saturated rings. The quantitative estimate of drug-likeness (QED) is 0.840. The number of halogens is 2. The molecule has 126 valence electrons. The Balaban J connectivity index is 1.80. The average molecular weight is 345 g/mol. The fourth-order valence-electron chi connectivity index (χ4n) is 2.18. The summed E-state index contributed by atoms with van der Waals surface area (Å²) in [6.07, 6.45) is -0.367. The highest BCUT2D eigenvalue weighted by atomic mass is 35.5. The van der Waals surface area contributed by atoms with Crippen molar-refractivity contribution in [2.24, 2.45) is 0 Å². The second kappa shape index (κ2) is 8.01. The van der Waals surface area contributed by atoms with Crippen LogP contribution >= 0.6 is 11.6 Å². The average Bonchev–Trinajstić information content (AvgIpc) is 2.54. The normalized spacial score (nSPS) is 14.6. The van der Waals surface area contributed by atoms with Gasteiger partial charge in [0.15, 0.2) is 6.61 Å². The van der Waals surface area contributed by atoms with Gasteiger partial charge in [0.25, 0.3) is 5.91 Å². The van der Waals surface area contributed by atoms with E-state index in [0.717, 1.165) is 6.07 Å². The van der Waals surface area contributed by atoms with Crippen LogP contribution in [0.15, 0.2) is 18.2 Å². The predicted octanol–water partition coefficient (Wildman–Crippen LogP) is 2.16. The summed E-state index contributed by atoms with van der Waals surface area (Å²) < 4.78 is 23.2. The number of carbonyl (C=O) groups is 2. The van der Waals surface area contributed by atoms with Crippen molar-refractivity contribution >= 4 is 23.6 Å². The first-order chi connectivity index (χ1) is 11.0. The largest absolute Gasteiger partial charge is 0.482 e. The molecule has 0 aliphatic carbocycles. The summed E-state index contributed by atoms with van der Waals surface area (Å²) in [5.74, 6) is -0.427. The van der Waals surface area contributed by atoms with Crippen molar-refractivity contribution in [3.8, 4) is 5.75 Å². The van der Waals surface area contributed by atoms with Crippen LogP contribution in [-0.2, 0) is 9.53 Å². The zero-order chi connectivity index (χ0) is 16.8. The molecule has 1 aromatic rings. The van der Waals surface area contributed by atoms with Crippen molar-refractivity contribution < 1.29 is 23.5 Å². The first-order valence-electron chi connectivity index (χ1n) is 7.28. The Morgan fingerprint density at radius 2 is 1.87 bits per heavy atom. The third-order valence-corrected chi connectivity index (χ3v) is 3.70. The van der Waals surface area contributed by atoms with Gasteiger partial charge in [0.2, 0.25) is 0 Å². The van der Waals surface area contributed by atoms with Gasteiger partial charge in [0.1, 0.15) is 11.6 Å². The molecule has 23 heavy (non-hydrogen) atoms. The third-order valence-electron chi connectivity index (χ3n) is 3.40. The number of piperazine rings is 1. The molecule has 0 aromatic heterocycles. The van der Waals surface area contributed by atoms with E-state index in [1.165, 1.54) is 12.1 Å². The highest BCUT2D eigenvalue weighted by Gasteiger charge is 2.25. The van der Waals surface area contributed by atoms with Crippen LogP contribution in [0.2, 0.25) is 5.02 Å². The van der Waals surface area contributed by atoms with Crippen LogP contribution in [0.1, 0.15) is 6.92 Å². The van der Waals surface area contributed by atoms with Gasteiger partial charge in [0, 0.05) is 26.2 Å². The van der Waals surface area contributed by atoms with Gasteiger partial charge in [-0.2, -0.15) is 0 Å². The van der Waals surface area contributed by atoms with Gasteiger partial charge < -0.3 is 19.3 Å². The fourth-order valence-corrected chi connectivity index (χ4v) is 2.40. The summed E-state index contributed by atoms with van der Waals surface area (Å²) in [4.78, 5) is 26.8. The summed E-state index contributed by atoms with van der Waals surface area (Å²) in [6, 6.07) is 3.72. The Kier molecular flexibility index (Phi) is 6.04. The lowest BCUT2D eigenvalue weighted by Gasteiger charge is -2.33. The van der Waals surface area contributed by atoms with Crippen molar-refractivity contribution in [1.82, 2.24) is 9.80 Å². The molecule has 6 nitrogen and oxygen atoms in total. The second-order valence-electron chi connectivity index (χ2n) is 4.93. The van der Waals surface area contributed by atoms with Crippen LogP contribution in [-0.4, -0.2) is 61.2 Å². The van der Waals surface area contributed by atoms with Gasteiger partial charge in [-0.05, 0) is 25.1 Å². The molecule has 0 radical (unpaired) electrons. The number of amides is 2. The van der Waals surface area contributed by atoms with Gasteiger partial charge in [-0.25, -0.2) is 9.18 Å². The Hall–Kier alpha value is -2.02. The maximum absolute atomic E-state index is 12.9. The number of rotatable bonds is 4. The van der Waals surface area contributed by atoms with E-state index in [1.807, 2.05) is 0 Å². The van der Waals surface area contributed by atoms with Gasteiger partial charge >= 0.3 is 6.09 Å². The summed E-state index contributed by atoms with van der Waals surface area (Å²) in [7, 11) is 0. The van der Waals surface area contributed by atoms with E-state index >= 15 is 0 Å². The lowest BCUT2D eigenvalue weighted by atomic mass is 10.3. The number of carbonyl (C=O) groups excluding carboxylic acids is 2. The fraction of sp³-hybridized carbons (Fsp3) is 0.467. The Bertz CT molecular complexity index is 577. The standard InChI is InChI=1S/C15H18ClFN2O4/c1-2-22-15(21)19-7-5-18(6-8-19)14(20)10-23-13-4-3-11(17)9-12(13)16/h3-4,9H,2,5-8,10H2,1H3. The summed E-state index contributed by atoms with van der Waals surface area (Å²) in [5, 5.41) is 0.116. The monoisotopic (exact) mass is 344 g/mol. The van der Waals surface area contributed by atoms with Crippen LogP contribution in [0, 0.1) is 5.82 Å². The maximum atomic E-state index is 12.9. The van der Waals surface area contributed by atoms with E-state index in [9.17, 15) is 14.0 Å². The smallest absolute Gasteiger partial charge is 0.409 e. The molecular formula is C15H18ClFN2O4. The minimum atomic E-state index is -0.469. The van der Waals surface area contributed by atoms with E-state index in [0.29, 0.717) is 32.8 Å². The van der Waals surface area contributed by atoms with E-state index in [2.05, 4.69) is 0 Å². The molecule has 1 heterocycles. The molecule has 1 saturated heterocycles. The molecule has 0 N–H and O–H groups in total. The lowest BCUT2D eigenvalue weighted by molar-refractivity contribution is -0.134. The molecule has 2 rings (SSSR count). The highest BCUT2D eigenvalue weighted by molar-refractivity contribution is 6.32. The number of nitrogens with zero attached hydrogens (tertiary/aromatic N) is 2. The molecule has 0 atom stereocenters. The molecule has 1 aromatic carbocycles. The summed E-state index contributed by atoms with van der Waals surface area (Å²) in [6.45, 7) is 3.55. The number of hydrogen-bond acceptors (Lipinski definition) is 4. The van der Waals surface area contributed by atoms with E-state index in [-0.39, 0.29) is 29.4 Å². The van der Waals surface area contributed by atoms with Gasteiger partial charge in [0.05, 0.1) is 11.6 Å². The molecule has 0 spiro atoms. The molecule has 0 bridgehead atoms. The Morgan fingerprint density at radius 1 is 1.22 bits per heavy atom. The van der Waals surface area contributed by atoms with E-state index in [4.69, 9.17) is 21.1 Å². The topological polar surface area (TPSA) is 59.1 Å². The van der Waals surface area contributed by atoms with E-state index < -0.39 is 5.82 Å². The SMILES string of the molecule is CCOC(=O)N1CCN(C(=O)COc2ccc(F)cc2Cl)CC1. The molecular weight excluding hydrogens is 327 g/mol. The highest BCUT2D eigenvalue weighted by Crippen LogP contribution is 2.24. The first kappa shape index (κ1) is 17.3. The van der Waals surface area contributed by atoms with Crippen molar-refractivity contribution in [1.29, 1.82) is 0 Å². The number of ether oxygens (including phenoxy) is 2. The zero-order valence-corrected chi connectivity index (χ0v) is 13.5. The Morgan fingerprint density at radius 3 is 2.48 bits per heavy atom. The van der Waals surface area contributed by atoms with Gasteiger partial charge in [-0.3, -0.25) is 4.79 Å². The molecule has 0 unspecified atom stereocenters. The van der Waals surface area contributed by atoms with Crippen LogP contribution in [0.3, 0.4) is 0 Å². The summed E-state index contributed by atoms with van der Waals surface area (Å²) >= 11 is 5.83. The number of benzene rings is 1. The van der Waals surface area contributed by atoms with Crippen molar-refractivity contribution in [2.75, 3.05) is 39.4 Å². The van der Waals surface area contributed by atoms with Crippen LogP contribution in [0.25, 0.3) is 0 Å². The zero-order valence-electron chi connectivity index (χ0n) is 12.8. The van der Waals surface area contributed by atoms with Crippen LogP contribution < -0.4 is 4.74 Å². The van der Waals surface area contributed by atoms with Gasteiger partial charge in [-0.15, -0.1) is 0 Å². The van der Waals surface area contributed by atoms with Gasteiger partial charge in [-0.1, -0.05) is 11.6 Å². The molecule has 0 saturated carbocycles. The second-order valence-corrected chi connectivity index (χ2v) is 5.34. The lowest BCUT2D eigenvalue weighted by Crippen LogP contribution is -2.51.